The fraction of sp³-hybridized carbons (Fsp3) is 0.909. The van der Waals surface area contributed by atoms with E-state index in [0.717, 1.165) is 6.42 Å². The van der Waals surface area contributed by atoms with Crippen molar-refractivity contribution in [2.75, 3.05) is 0 Å². The number of carbonyl (C=O) groups is 1. The van der Waals surface area contributed by atoms with Crippen LogP contribution in [0.3, 0.4) is 0 Å². The molecule has 1 aliphatic carbocycles. The van der Waals surface area contributed by atoms with Crippen LogP contribution in [-0.4, -0.2) is 39.8 Å². The molecule has 0 amide bonds. The maximum Gasteiger partial charge on any atom is 0.207 e. The molecule has 4 fully saturated rings. The van der Waals surface area contributed by atoms with Gasteiger partial charge in [0, 0.05) is 6.42 Å². The third kappa shape index (κ3) is 1.02. The summed E-state index contributed by atoms with van der Waals surface area (Å²) >= 11 is 0. The monoisotopic (exact) mass is 228 g/mol. The van der Waals surface area contributed by atoms with Gasteiger partial charge in [0.1, 0.15) is 6.10 Å². The van der Waals surface area contributed by atoms with Crippen LogP contribution in [0.5, 0.6) is 0 Å². The molecule has 5 atom stereocenters. The summed E-state index contributed by atoms with van der Waals surface area (Å²) in [4.78, 5) is 11.9. The number of fused-ring (bicyclic) bond motifs is 1. The summed E-state index contributed by atoms with van der Waals surface area (Å²) in [6.45, 7) is 2.00. The van der Waals surface area contributed by atoms with Crippen molar-refractivity contribution in [3.8, 4) is 0 Å². The Labute approximate surface area is 93.3 Å². The molecule has 3 heterocycles. The molecule has 0 aromatic heterocycles. The van der Waals surface area contributed by atoms with Crippen molar-refractivity contribution in [3.05, 3.63) is 0 Å². The van der Waals surface area contributed by atoms with Gasteiger partial charge in [0.2, 0.25) is 11.4 Å². The van der Waals surface area contributed by atoms with Crippen LogP contribution >= 0.6 is 0 Å². The zero-order chi connectivity index (χ0) is 11.6. The van der Waals surface area contributed by atoms with Crippen LogP contribution in [0.25, 0.3) is 0 Å². The third-order valence-corrected chi connectivity index (χ3v) is 4.22. The highest BCUT2D eigenvalue weighted by Gasteiger charge is 2.72. The summed E-state index contributed by atoms with van der Waals surface area (Å²) in [6.07, 6.45) is 0.556. The highest BCUT2D eigenvalue weighted by molar-refractivity contribution is 5.91. The lowest BCUT2D eigenvalue weighted by Gasteiger charge is -2.60. The van der Waals surface area contributed by atoms with E-state index in [1.807, 2.05) is 6.92 Å². The number of rotatable bonds is 1. The van der Waals surface area contributed by atoms with Gasteiger partial charge in [-0.3, -0.25) is 4.79 Å². The number of hydrogen-bond acceptors (Lipinski definition) is 5. The topological polar surface area (TPSA) is 76.0 Å². The molecule has 4 aliphatic rings. The standard InChI is InChI=1S/C11H16O5/c1-2-6-3-4-10(13)11(14)7(12)5-8(16-10)15-9(6)11/h6,8-9,13-14H,2-5H2,1H3/t6-,8+,9+,10-,11+/m1/s1. The van der Waals surface area contributed by atoms with Gasteiger partial charge in [0.25, 0.3) is 0 Å². The number of carbonyl (C=O) groups excluding carboxylic acids is 1. The first-order valence-electron chi connectivity index (χ1n) is 5.82. The van der Waals surface area contributed by atoms with Crippen molar-refractivity contribution in [1.29, 1.82) is 0 Å². The molecule has 0 radical (unpaired) electrons. The van der Waals surface area contributed by atoms with Gasteiger partial charge < -0.3 is 19.7 Å². The molecule has 0 aromatic rings. The van der Waals surface area contributed by atoms with Crippen LogP contribution in [0.4, 0.5) is 0 Å². The smallest absolute Gasteiger partial charge is 0.207 e. The maximum absolute atomic E-state index is 11.9. The molecule has 4 rings (SSSR count). The number of hydrogen-bond donors (Lipinski definition) is 2. The van der Waals surface area contributed by atoms with Crippen LogP contribution in [-0.2, 0) is 14.3 Å². The number of aliphatic hydroxyl groups is 2. The minimum Gasteiger partial charge on any atom is -0.375 e. The Kier molecular flexibility index (Phi) is 2.02. The first-order chi connectivity index (χ1) is 7.51. The van der Waals surface area contributed by atoms with Gasteiger partial charge in [-0.1, -0.05) is 13.3 Å². The number of ketones is 1. The normalized spacial score (nSPS) is 55.4. The van der Waals surface area contributed by atoms with Gasteiger partial charge in [-0.2, -0.15) is 0 Å². The minimum absolute atomic E-state index is 0.0335. The predicted octanol–water partition coefficient (Wildman–Crippen LogP) is -0.0596. The fourth-order valence-electron chi connectivity index (χ4n) is 3.24. The zero-order valence-corrected chi connectivity index (χ0v) is 9.18. The van der Waals surface area contributed by atoms with Gasteiger partial charge in [0.05, 0.1) is 6.42 Å². The molecule has 16 heavy (non-hydrogen) atoms. The van der Waals surface area contributed by atoms with E-state index >= 15 is 0 Å². The molecule has 0 unspecified atom stereocenters. The summed E-state index contributed by atoms with van der Waals surface area (Å²) in [6, 6.07) is 0. The van der Waals surface area contributed by atoms with Crippen molar-refractivity contribution in [3.63, 3.8) is 0 Å². The van der Waals surface area contributed by atoms with Crippen LogP contribution in [0.1, 0.15) is 32.6 Å². The van der Waals surface area contributed by atoms with E-state index in [2.05, 4.69) is 0 Å². The summed E-state index contributed by atoms with van der Waals surface area (Å²) < 4.78 is 10.8. The largest absolute Gasteiger partial charge is 0.375 e. The molecule has 90 valence electrons. The van der Waals surface area contributed by atoms with Gasteiger partial charge in [-0.15, -0.1) is 0 Å². The summed E-state index contributed by atoms with van der Waals surface area (Å²) in [5.74, 6) is -1.97. The molecule has 3 aliphatic heterocycles. The van der Waals surface area contributed by atoms with Crippen molar-refractivity contribution in [2.24, 2.45) is 5.92 Å². The van der Waals surface area contributed by atoms with Crippen molar-refractivity contribution in [1.82, 2.24) is 0 Å². The van der Waals surface area contributed by atoms with Crippen LogP contribution < -0.4 is 0 Å². The predicted molar refractivity (Wildman–Crippen MR) is 52.3 cm³/mol. The zero-order valence-electron chi connectivity index (χ0n) is 9.18. The lowest BCUT2D eigenvalue weighted by Crippen LogP contribution is -2.79. The minimum atomic E-state index is -1.86. The van der Waals surface area contributed by atoms with E-state index in [-0.39, 0.29) is 18.1 Å². The van der Waals surface area contributed by atoms with Gasteiger partial charge in [-0.25, -0.2) is 0 Å². The average Bonchev–Trinajstić information content (AvgIpc) is 2.21. The molecule has 5 heteroatoms. The SMILES string of the molecule is CC[C@@H]1CC[C@@]2(O)O[C@H]3CC(=O)[C@]2(O)[C@H]1O3. The van der Waals surface area contributed by atoms with E-state index in [9.17, 15) is 15.0 Å². The van der Waals surface area contributed by atoms with Crippen molar-refractivity contribution >= 4 is 5.78 Å². The van der Waals surface area contributed by atoms with Gasteiger partial charge >= 0.3 is 0 Å². The lowest BCUT2D eigenvalue weighted by atomic mass is 9.65. The van der Waals surface area contributed by atoms with E-state index in [1.165, 1.54) is 0 Å². The second kappa shape index (κ2) is 3.04. The van der Waals surface area contributed by atoms with Crippen LogP contribution in [0.2, 0.25) is 0 Å². The Morgan fingerprint density at radius 1 is 1.50 bits per heavy atom. The fourth-order valence-corrected chi connectivity index (χ4v) is 3.24. The van der Waals surface area contributed by atoms with Gasteiger partial charge in [-0.05, 0) is 12.3 Å². The van der Waals surface area contributed by atoms with E-state index in [1.54, 1.807) is 0 Å². The Balaban J connectivity index is 2.07. The first-order valence-corrected chi connectivity index (χ1v) is 5.82. The highest BCUT2D eigenvalue weighted by atomic mass is 16.8. The molecule has 0 aromatic carbocycles. The summed E-state index contributed by atoms with van der Waals surface area (Å²) in [7, 11) is 0. The third-order valence-electron chi connectivity index (χ3n) is 4.22. The Morgan fingerprint density at radius 3 is 2.94 bits per heavy atom. The first kappa shape index (κ1) is 10.7. The van der Waals surface area contributed by atoms with Gasteiger partial charge in [0.15, 0.2) is 12.1 Å². The molecule has 4 bridgehead atoms. The maximum atomic E-state index is 11.9. The van der Waals surface area contributed by atoms with E-state index in [0.29, 0.717) is 12.8 Å². The average molecular weight is 228 g/mol. The van der Waals surface area contributed by atoms with Crippen molar-refractivity contribution < 1.29 is 24.5 Å². The molecular weight excluding hydrogens is 212 g/mol. The Morgan fingerprint density at radius 2 is 2.25 bits per heavy atom. The summed E-state index contributed by atoms with van der Waals surface area (Å²) in [5, 5.41) is 20.7. The van der Waals surface area contributed by atoms with Crippen LogP contribution in [0, 0.1) is 5.92 Å². The Hall–Kier alpha value is -0.490. The Bertz CT molecular complexity index is 343. The number of ether oxygens (including phenoxy) is 2. The quantitative estimate of drug-likeness (QED) is 0.657. The summed E-state index contributed by atoms with van der Waals surface area (Å²) in [5.41, 5.74) is -1.86. The van der Waals surface area contributed by atoms with Crippen molar-refractivity contribution in [2.45, 2.75) is 56.4 Å². The van der Waals surface area contributed by atoms with E-state index < -0.39 is 23.8 Å². The molecule has 3 saturated heterocycles. The second-order valence-electron chi connectivity index (χ2n) is 4.99. The molecule has 1 saturated carbocycles. The second-order valence-corrected chi connectivity index (χ2v) is 4.99. The molecule has 0 spiro atoms. The van der Waals surface area contributed by atoms with E-state index in [4.69, 9.17) is 9.47 Å². The highest BCUT2D eigenvalue weighted by Crippen LogP contribution is 2.52. The molecule has 2 N–H and O–H groups in total. The molecule has 5 nitrogen and oxygen atoms in total. The lowest BCUT2D eigenvalue weighted by molar-refractivity contribution is -0.446. The van der Waals surface area contributed by atoms with Crippen LogP contribution in [0.15, 0.2) is 0 Å². The molecular formula is C11H16O5. The number of Topliss-reactive ketones (excluding diaryl/α,β-unsaturated/α-hetero) is 1.